The molecule has 4 heteroatoms. The van der Waals surface area contributed by atoms with Crippen LogP contribution in [-0.2, 0) is 0 Å². The maximum absolute atomic E-state index is 5.04. The minimum atomic E-state index is 0.946. The van der Waals surface area contributed by atoms with E-state index in [1.165, 1.54) is 0 Å². The Labute approximate surface area is 181 Å². The average molecular weight is 450 g/mol. The zero-order chi connectivity index (χ0) is 20.1. The Morgan fingerprint density at radius 3 is 2.37 bits per heavy atom. The average Bonchev–Trinajstić information content (AvgIpc) is 3.23. The van der Waals surface area contributed by atoms with Gasteiger partial charge in [0.1, 0.15) is 5.65 Å². The van der Waals surface area contributed by atoms with Crippen molar-refractivity contribution in [2.75, 3.05) is 0 Å². The van der Waals surface area contributed by atoms with E-state index in [1.807, 2.05) is 36.4 Å². The van der Waals surface area contributed by atoms with Gasteiger partial charge in [0.2, 0.25) is 0 Å². The van der Waals surface area contributed by atoms with Crippen LogP contribution >= 0.6 is 15.9 Å². The molecule has 6 rings (SSSR count). The van der Waals surface area contributed by atoms with Crippen molar-refractivity contribution in [3.8, 4) is 22.5 Å². The van der Waals surface area contributed by atoms with Crippen LogP contribution in [0.2, 0.25) is 0 Å². The lowest BCUT2D eigenvalue weighted by Crippen LogP contribution is -1.93. The van der Waals surface area contributed by atoms with E-state index < -0.39 is 0 Å². The van der Waals surface area contributed by atoms with Crippen LogP contribution in [0, 0.1) is 0 Å². The summed E-state index contributed by atoms with van der Waals surface area (Å²) in [6.45, 7) is 0. The van der Waals surface area contributed by atoms with Crippen LogP contribution in [0.5, 0.6) is 0 Å². The summed E-state index contributed by atoms with van der Waals surface area (Å²) < 4.78 is 3.15. The smallest absolute Gasteiger partial charge is 0.146 e. The highest BCUT2D eigenvalue weighted by atomic mass is 79.9. The lowest BCUT2D eigenvalue weighted by molar-refractivity contribution is 1.20. The molecule has 0 saturated carbocycles. The first-order valence-corrected chi connectivity index (χ1v) is 10.6. The molecule has 3 heterocycles. The van der Waals surface area contributed by atoms with Crippen LogP contribution in [0.1, 0.15) is 0 Å². The quantitative estimate of drug-likeness (QED) is 0.263. The number of rotatable bonds is 2. The summed E-state index contributed by atoms with van der Waals surface area (Å²) >= 11 is 3.60. The Balaban J connectivity index is 1.75. The predicted octanol–water partition coefficient (Wildman–Crippen LogP) is 7.13. The number of pyridine rings is 2. The lowest BCUT2D eigenvalue weighted by atomic mass is 10.0. The summed E-state index contributed by atoms with van der Waals surface area (Å²) in [5.74, 6) is 0. The summed E-state index contributed by atoms with van der Waals surface area (Å²) in [5, 5.41) is 3.34. The summed E-state index contributed by atoms with van der Waals surface area (Å²) in [6.07, 6.45) is 4.17. The molecule has 0 aliphatic rings. The van der Waals surface area contributed by atoms with Crippen LogP contribution in [0.3, 0.4) is 0 Å². The van der Waals surface area contributed by atoms with E-state index in [9.17, 15) is 0 Å². The molecule has 0 atom stereocenters. The molecule has 3 aromatic carbocycles. The van der Waals surface area contributed by atoms with Crippen molar-refractivity contribution in [2.45, 2.75) is 0 Å². The zero-order valence-electron chi connectivity index (χ0n) is 16.0. The molecule has 0 radical (unpaired) electrons. The van der Waals surface area contributed by atoms with E-state index in [0.29, 0.717) is 0 Å². The molecular weight excluding hydrogens is 434 g/mol. The van der Waals surface area contributed by atoms with E-state index >= 15 is 0 Å². The topological polar surface area (TPSA) is 30.2 Å². The van der Waals surface area contributed by atoms with Crippen molar-refractivity contribution >= 4 is 43.3 Å². The summed E-state index contributed by atoms with van der Waals surface area (Å²) in [6, 6.07) is 29.0. The van der Waals surface area contributed by atoms with Gasteiger partial charge in [-0.1, -0.05) is 76.6 Å². The highest BCUT2D eigenvalue weighted by Gasteiger charge is 2.15. The molecule has 142 valence electrons. The number of halogens is 1. The van der Waals surface area contributed by atoms with E-state index in [1.54, 1.807) is 0 Å². The Morgan fingerprint density at radius 1 is 0.700 bits per heavy atom. The summed E-state index contributed by atoms with van der Waals surface area (Å²) in [5.41, 5.74) is 6.04. The van der Waals surface area contributed by atoms with Crippen molar-refractivity contribution < 1.29 is 0 Å². The standard InChI is InChI=1S/C26H16BrN3/c27-19-10-6-9-18(15-19)25-21-13-14-30-16-23(17-7-2-1-3-8-17)29-26(30)24(21)20-11-4-5-12-22(20)28-25/h1-16H. The Kier molecular flexibility index (Phi) is 3.93. The van der Waals surface area contributed by atoms with Gasteiger partial charge >= 0.3 is 0 Å². The second-order valence-electron chi connectivity index (χ2n) is 7.32. The lowest BCUT2D eigenvalue weighted by Gasteiger charge is -2.11. The van der Waals surface area contributed by atoms with Gasteiger partial charge in [0.15, 0.2) is 0 Å². The molecule has 0 unspecified atom stereocenters. The summed E-state index contributed by atoms with van der Waals surface area (Å²) in [4.78, 5) is 10.1. The molecular formula is C26H16BrN3. The number of hydrogen-bond acceptors (Lipinski definition) is 2. The number of hydrogen-bond donors (Lipinski definition) is 0. The first kappa shape index (κ1) is 17.4. The molecule has 0 N–H and O–H groups in total. The number of imidazole rings is 1. The van der Waals surface area contributed by atoms with Gasteiger partial charge in [0.25, 0.3) is 0 Å². The van der Waals surface area contributed by atoms with Crippen molar-refractivity contribution in [2.24, 2.45) is 0 Å². The van der Waals surface area contributed by atoms with Gasteiger partial charge in [-0.15, -0.1) is 0 Å². The number of nitrogens with zero attached hydrogens (tertiary/aromatic N) is 3. The molecule has 0 spiro atoms. The van der Waals surface area contributed by atoms with Gasteiger partial charge in [-0.3, -0.25) is 0 Å². The van der Waals surface area contributed by atoms with Crippen molar-refractivity contribution in [1.29, 1.82) is 0 Å². The second kappa shape index (κ2) is 6.78. The van der Waals surface area contributed by atoms with E-state index in [0.717, 1.165) is 54.3 Å². The fourth-order valence-electron chi connectivity index (χ4n) is 4.08. The van der Waals surface area contributed by atoms with Crippen LogP contribution in [0.15, 0.2) is 102 Å². The first-order valence-electron chi connectivity index (χ1n) is 9.79. The molecule has 0 saturated heterocycles. The molecule has 6 aromatic rings. The monoisotopic (exact) mass is 449 g/mol. The molecule has 0 fully saturated rings. The molecule has 30 heavy (non-hydrogen) atoms. The highest BCUT2D eigenvalue weighted by molar-refractivity contribution is 9.10. The van der Waals surface area contributed by atoms with Gasteiger partial charge < -0.3 is 4.40 Å². The Bertz CT molecular complexity index is 1550. The van der Waals surface area contributed by atoms with Gasteiger partial charge in [-0.25, -0.2) is 9.97 Å². The van der Waals surface area contributed by atoms with Crippen LogP contribution in [0.25, 0.3) is 49.8 Å². The molecule has 3 aromatic heterocycles. The van der Waals surface area contributed by atoms with Gasteiger partial charge in [-0.05, 0) is 24.3 Å². The predicted molar refractivity (Wildman–Crippen MR) is 127 cm³/mol. The third-order valence-electron chi connectivity index (χ3n) is 5.46. The van der Waals surface area contributed by atoms with E-state index in [2.05, 4.69) is 81.3 Å². The third-order valence-corrected chi connectivity index (χ3v) is 5.95. The van der Waals surface area contributed by atoms with Gasteiger partial charge in [0.05, 0.1) is 16.9 Å². The molecule has 0 aliphatic carbocycles. The highest BCUT2D eigenvalue weighted by Crippen LogP contribution is 2.36. The van der Waals surface area contributed by atoms with E-state index in [-0.39, 0.29) is 0 Å². The minimum Gasteiger partial charge on any atom is -0.306 e. The van der Waals surface area contributed by atoms with Gasteiger partial charge in [0, 0.05) is 44.2 Å². The number of para-hydroxylation sites is 1. The number of benzene rings is 3. The van der Waals surface area contributed by atoms with Crippen LogP contribution < -0.4 is 0 Å². The largest absolute Gasteiger partial charge is 0.306 e. The van der Waals surface area contributed by atoms with Crippen molar-refractivity contribution in [1.82, 2.24) is 14.4 Å². The maximum atomic E-state index is 5.04. The van der Waals surface area contributed by atoms with Gasteiger partial charge in [-0.2, -0.15) is 0 Å². The van der Waals surface area contributed by atoms with Crippen LogP contribution in [-0.4, -0.2) is 14.4 Å². The van der Waals surface area contributed by atoms with Crippen molar-refractivity contribution in [3.63, 3.8) is 0 Å². The molecule has 0 aliphatic heterocycles. The SMILES string of the molecule is Brc1cccc(-c2nc3ccccc3c3c2ccn2cc(-c4ccccc4)nc32)c1. The summed E-state index contributed by atoms with van der Waals surface area (Å²) in [7, 11) is 0. The second-order valence-corrected chi connectivity index (χ2v) is 8.23. The Morgan fingerprint density at radius 2 is 1.50 bits per heavy atom. The number of aromatic nitrogens is 3. The molecule has 0 bridgehead atoms. The minimum absolute atomic E-state index is 0.946. The maximum Gasteiger partial charge on any atom is 0.146 e. The fraction of sp³-hybridized carbons (Fsp3) is 0. The van der Waals surface area contributed by atoms with Crippen molar-refractivity contribution in [3.05, 3.63) is 102 Å². The van der Waals surface area contributed by atoms with Crippen LogP contribution in [0.4, 0.5) is 0 Å². The third kappa shape index (κ3) is 2.72. The zero-order valence-corrected chi connectivity index (χ0v) is 17.5. The fourth-order valence-corrected chi connectivity index (χ4v) is 4.48. The molecule has 3 nitrogen and oxygen atoms in total. The van der Waals surface area contributed by atoms with E-state index in [4.69, 9.17) is 9.97 Å². The molecule has 0 amide bonds. The first-order chi connectivity index (χ1) is 14.8. The number of fused-ring (bicyclic) bond motifs is 5. The Hall–Kier alpha value is -3.50. The normalized spacial score (nSPS) is 11.5.